The fourth-order valence-electron chi connectivity index (χ4n) is 3.23. The minimum atomic E-state index is -0.233. The number of nitrogens with zero attached hydrogens (tertiary/aromatic N) is 2. The van der Waals surface area contributed by atoms with Gasteiger partial charge in [-0.2, -0.15) is 0 Å². The Balaban J connectivity index is 1.64. The Morgan fingerprint density at radius 3 is 2.78 bits per heavy atom. The van der Waals surface area contributed by atoms with E-state index in [1.807, 2.05) is 43.5 Å². The lowest BCUT2D eigenvalue weighted by molar-refractivity contribution is -0.113. The van der Waals surface area contributed by atoms with Crippen molar-refractivity contribution in [3.8, 4) is 11.4 Å². The number of carbonyl (C=O) groups excluding carboxylic acids is 1. The van der Waals surface area contributed by atoms with Crippen LogP contribution in [0.25, 0.3) is 15.9 Å². The van der Waals surface area contributed by atoms with Crippen molar-refractivity contribution in [3.63, 3.8) is 0 Å². The van der Waals surface area contributed by atoms with Crippen LogP contribution < -0.4 is 15.6 Å². The van der Waals surface area contributed by atoms with Crippen molar-refractivity contribution in [3.05, 3.63) is 74.3 Å². The number of nitrogens with one attached hydrogen (secondary N) is 1. The number of ether oxygens (including phenoxy) is 1. The van der Waals surface area contributed by atoms with Gasteiger partial charge in [0, 0.05) is 5.69 Å². The summed E-state index contributed by atoms with van der Waals surface area (Å²) in [7, 11) is 1.53. The monoisotopic (exact) mass is 485 g/mol. The number of hydrogen-bond acceptors (Lipinski definition) is 6. The molecule has 0 atom stereocenters. The Morgan fingerprint density at radius 1 is 1.22 bits per heavy atom. The quantitative estimate of drug-likeness (QED) is 0.290. The fourth-order valence-corrected chi connectivity index (χ4v) is 5.06. The third-order valence-electron chi connectivity index (χ3n) is 4.82. The largest absolute Gasteiger partial charge is 0.495 e. The highest BCUT2D eigenvalue weighted by molar-refractivity contribution is 7.99. The van der Waals surface area contributed by atoms with E-state index in [1.165, 1.54) is 30.2 Å². The first-order chi connectivity index (χ1) is 15.4. The minimum absolute atomic E-state index is 0.0800. The van der Waals surface area contributed by atoms with Gasteiger partial charge in [-0.1, -0.05) is 35.5 Å². The Kier molecular flexibility index (Phi) is 6.55. The molecule has 9 heteroatoms. The molecular formula is C23H20ClN3O3S2. The molecule has 1 N–H and O–H groups in total. The van der Waals surface area contributed by atoms with Crippen LogP contribution in [0.3, 0.4) is 0 Å². The first-order valence-corrected chi connectivity index (χ1v) is 12.0. The van der Waals surface area contributed by atoms with E-state index in [2.05, 4.69) is 10.3 Å². The smallest absolute Gasteiger partial charge is 0.276 e. The van der Waals surface area contributed by atoms with Crippen molar-refractivity contribution in [2.75, 3.05) is 18.2 Å². The number of rotatable bonds is 6. The van der Waals surface area contributed by atoms with Crippen LogP contribution in [0, 0.1) is 13.8 Å². The topological polar surface area (TPSA) is 73.2 Å². The zero-order chi connectivity index (χ0) is 22.8. The van der Waals surface area contributed by atoms with Gasteiger partial charge >= 0.3 is 0 Å². The average Bonchev–Trinajstić information content (AvgIpc) is 3.23. The molecule has 0 aliphatic rings. The number of halogens is 1. The standard InChI is InChI=1S/C23H20ClN3O3S2/c1-13-4-5-14(2)18(10-13)27-22(29)21-17(8-9-31-21)26-23(27)32-12-20(28)25-15-6-7-19(30-3)16(24)11-15/h4-11H,12H2,1-3H3,(H,25,28). The molecular weight excluding hydrogens is 466 g/mol. The van der Waals surface area contributed by atoms with Crippen LogP contribution in [0.15, 0.2) is 57.8 Å². The molecule has 2 aromatic heterocycles. The number of thioether (sulfide) groups is 1. The normalized spacial score (nSPS) is 11.0. The van der Waals surface area contributed by atoms with Gasteiger partial charge in [-0.3, -0.25) is 14.2 Å². The maximum atomic E-state index is 13.3. The Bertz CT molecular complexity index is 1380. The zero-order valence-corrected chi connectivity index (χ0v) is 20.0. The maximum Gasteiger partial charge on any atom is 0.276 e. The van der Waals surface area contributed by atoms with Gasteiger partial charge in [0.1, 0.15) is 10.4 Å². The number of amides is 1. The van der Waals surface area contributed by atoms with Gasteiger partial charge in [0.25, 0.3) is 5.56 Å². The number of aryl methyl sites for hydroxylation is 2. The summed E-state index contributed by atoms with van der Waals surface area (Å²) in [5, 5.41) is 5.54. The number of hydrogen-bond donors (Lipinski definition) is 1. The number of aromatic nitrogens is 2. The van der Waals surface area contributed by atoms with Gasteiger partial charge < -0.3 is 10.1 Å². The molecule has 0 saturated heterocycles. The fraction of sp³-hybridized carbons (Fsp3) is 0.174. The summed E-state index contributed by atoms with van der Waals surface area (Å²) >= 11 is 8.72. The predicted octanol–water partition coefficient (Wildman–Crippen LogP) is 5.46. The Morgan fingerprint density at radius 2 is 2.03 bits per heavy atom. The lowest BCUT2D eigenvalue weighted by Gasteiger charge is -2.15. The van der Waals surface area contributed by atoms with E-state index < -0.39 is 0 Å². The molecule has 6 nitrogen and oxygen atoms in total. The number of methoxy groups -OCH3 is 1. The van der Waals surface area contributed by atoms with Crippen molar-refractivity contribution in [1.29, 1.82) is 0 Å². The molecule has 0 bridgehead atoms. The molecule has 4 rings (SSSR count). The lowest BCUT2D eigenvalue weighted by Crippen LogP contribution is -2.23. The summed E-state index contributed by atoms with van der Waals surface area (Å²) in [6.45, 7) is 3.93. The minimum Gasteiger partial charge on any atom is -0.495 e. The average molecular weight is 486 g/mol. The van der Waals surface area contributed by atoms with E-state index in [9.17, 15) is 9.59 Å². The SMILES string of the molecule is COc1ccc(NC(=O)CSc2nc3ccsc3c(=O)n2-c2cc(C)ccc2C)cc1Cl. The third kappa shape index (κ3) is 4.53. The highest BCUT2D eigenvalue weighted by Gasteiger charge is 2.17. The second-order valence-corrected chi connectivity index (χ2v) is 9.41. The molecule has 0 saturated carbocycles. The second kappa shape index (κ2) is 9.36. The molecule has 0 aliphatic carbocycles. The molecule has 2 aromatic carbocycles. The van der Waals surface area contributed by atoms with Crippen LogP contribution in [-0.4, -0.2) is 28.3 Å². The molecule has 0 radical (unpaired) electrons. The van der Waals surface area contributed by atoms with Crippen LogP contribution in [0.1, 0.15) is 11.1 Å². The number of thiophene rings is 1. The number of benzene rings is 2. The van der Waals surface area contributed by atoms with Gasteiger partial charge in [0.15, 0.2) is 5.16 Å². The van der Waals surface area contributed by atoms with Crippen LogP contribution in [-0.2, 0) is 4.79 Å². The zero-order valence-electron chi connectivity index (χ0n) is 17.6. The summed E-state index contributed by atoms with van der Waals surface area (Å²) in [5.41, 5.74) is 3.82. The van der Waals surface area contributed by atoms with E-state index in [4.69, 9.17) is 16.3 Å². The summed E-state index contributed by atoms with van der Waals surface area (Å²) in [5.74, 6) is 0.379. The second-order valence-electron chi connectivity index (χ2n) is 7.15. The molecule has 0 fully saturated rings. The Labute approximate surface area is 198 Å². The summed E-state index contributed by atoms with van der Waals surface area (Å²) in [6.07, 6.45) is 0. The summed E-state index contributed by atoms with van der Waals surface area (Å²) in [6, 6.07) is 12.8. The number of anilines is 1. The van der Waals surface area contributed by atoms with Crippen LogP contribution >= 0.6 is 34.7 Å². The van der Waals surface area contributed by atoms with Crippen molar-refractivity contribution >= 4 is 56.5 Å². The third-order valence-corrected chi connectivity index (χ3v) is 6.95. The number of fused-ring (bicyclic) bond motifs is 1. The van der Waals surface area contributed by atoms with Crippen LogP contribution in [0.2, 0.25) is 5.02 Å². The molecule has 2 heterocycles. The van der Waals surface area contributed by atoms with Gasteiger partial charge in [0.05, 0.1) is 29.1 Å². The highest BCUT2D eigenvalue weighted by atomic mass is 35.5. The van der Waals surface area contributed by atoms with Gasteiger partial charge in [0.2, 0.25) is 5.91 Å². The van der Waals surface area contributed by atoms with E-state index >= 15 is 0 Å². The summed E-state index contributed by atoms with van der Waals surface area (Å²) in [4.78, 5) is 30.6. The first-order valence-electron chi connectivity index (χ1n) is 9.71. The predicted molar refractivity (Wildman–Crippen MR) is 132 cm³/mol. The Hall–Kier alpha value is -2.81. The van der Waals surface area contributed by atoms with Gasteiger partial charge in [-0.25, -0.2) is 4.98 Å². The first kappa shape index (κ1) is 22.4. The van der Waals surface area contributed by atoms with E-state index in [0.29, 0.717) is 31.8 Å². The van der Waals surface area contributed by atoms with E-state index in [0.717, 1.165) is 16.8 Å². The van der Waals surface area contributed by atoms with E-state index in [1.54, 1.807) is 22.8 Å². The van der Waals surface area contributed by atoms with Gasteiger partial charge in [-0.05, 0) is 60.7 Å². The summed E-state index contributed by atoms with van der Waals surface area (Å²) < 4.78 is 7.33. The van der Waals surface area contributed by atoms with Crippen molar-refractivity contribution in [2.45, 2.75) is 19.0 Å². The molecule has 0 aliphatic heterocycles. The number of carbonyl (C=O) groups is 1. The van der Waals surface area contributed by atoms with Crippen LogP contribution in [0.4, 0.5) is 5.69 Å². The maximum absolute atomic E-state index is 13.3. The molecule has 4 aromatic rings. The van der Waals surface area contributed by atoms with Crippen molar-refractivity contribution in [2.24, 2.45) is 0 Å². The van der Waals surface area contributed by atoms with Gasteiger partial charge in [-0.15, -0.1) is 11.3 Å². The van der Waals surface area contributed by atoms with E-state index in [-0.39, 0.29) is 17.2 Å². The molecule has 164 valence electrons. The molecule has 0 spiro atoms. The molecule has 32 heavy (non-hydrogen) atoms. The lowest BCUT2D eigenvalue weighted by atomic mass is 10.1. The van der Waals surface area contributed by atoms with Crippen LogP contribution in [0.5, 0.6) is 5.75 Å². The molecule has 0 unspecified atom stereocenters. The highest BCUT2D eigenvalue weighted by Crippen LogP contribution is 2.28. The van der Waals surface area contributed by atoms with Crippen molar-refractivity contribution in [1.82, 2.24) is 9.55 Å². The molecule has 1 amide bonds. The van der Waals surface area contributed by atoms with Crippen molar-refractivity contribution < 1.29 is 9.53 Å².